The zero-order valence-electron chi connectivity index (χ0n) is 12.1. The van der Waals surface area contributed by atoms with Crippen LogP contribution in [0.5, 0.6) is 0 Å². The number of methoxy groups -OCH3 is 1. The number of nitrogens with one attached hydrogen (secondary N) is 1. The molecule has 0 fully saturated rings. The Kier molecular flexibility index (Phi) is 6.46. The Morgan fingerprint density at radius 1 is 1.35 bits per heavy atom. The number of benzene rings is 1. The molecule has 0 radical (unpaired) electrons. The van der Waals surface area contributed by atoms with Crippen molar-refractivity contribution in [2.45, 2.75) is 6.54 Å². The van der Waals surface area contributed by atoms with Crippen LogP contribution in [0.1, 0.15) is 15.9 Å². The second-order valence-corrected chi connectivity index (χ2v) is 4.57. The molecule has 0 saturated carbocycles. The van der Waals surface area contributed by atoms with Crippen LogP contribution in [0.2, 0.25) is 0 Å². The number of carbonyl (C=O) groups is 2. The maximum absolute atomic E-state index is 11.9. The lowest BCUT2D eigenvalue weighted by molar-refractivity contribution is -0.134. The van der Waals surface area contributed by atoms with Crippen LogP contribution < -0.4 is 5.32 Å². The highest BCUT2D eigenvalue weighted by molar-refractivity contribution is 5.94. The van der Waals surface area contributed by atoms with Crippen LogP contribution in [-0.4, -0.2) is 44.5 Å². The highest BCUT2D eigenvalue weighted by atomic mass is 16.5. The van der Waals surface area contributed by atoms with E-state index < -0.39 is 5.97 Å². The largest absolute Gasteiger partial charge is 0.466 e. The Morgan fingerprint density at radius 2 is 2.10 bits per heavy atom. The third-order valence-corrected chi connectivity index (χ3v) is 2.52. The molecule has 108 valence electrons. The van der Waals surface area contributed by atoms with E-state index in [1.807, 2.05) is 37.2 Å². The quantitative estimate of drug-likeness (QED) is 0.626. The Hall–Kier alpha value is -2.14. The second kappa shape index (κ2) is 8.12. The van der Waals surface area contributed by atoms with Crippen LogP contribution in [0, 0.1) is 0 Å². The highest BCUT2D eigenvalue weighted by Gasteiger charge is 2.05. The van der Waals surface area contributed by atoms with Gasteiger partial charge in [-0.1, -0.05) is 18.2 Å². The Morgan fingerprint density at radius 3 is 2.75 bits per heavy atom. The molecule has 0 aliphatic heterocycles. The average molecular weight is 276 g/mol. The molecule has 1 aromatic rings. The van der Waals surface area contributed by atoms with Gasteiger partial charge in [0.2, 0.25) is 0 Å². The molecule has 0 unspecified atom stereocenters. The van der Waals surface area contributed by atoms with Crippen LogP contribution in [0.3, 0.4) is 0 Å². The molecule has 5 heteroatoms. The molecule has 1 aromatic carbocycles. The van der Waals surface area contributed by atoms with Crippen molar-refractivity contribution in [2.24, 2.45) is 0 Å². The van der Waals surface area contributed by atoms with Crippen LogP contribution in [0.15, 0.2) is 36.4 Å². The fraction of sp³-hybridized carbons (Fsp3) is 0.333. The van der Waals surface area contributed by atoms with Gasteiger partial charge in [-0.3, -0.25) is 4.79 Å². The van der Waals surface area contributed by atoms with Crippen molar-refractivity contribution in [3.63, 3.8) is 0 Å². The molecular formula is C15H20N2O3. The molecule has 0 aliphatic rings. The minimum atomic E-state index is -0.438. The van der Waals surface area contributed by atoms with Crippen molar-refractivity contribution in [3.8, 4) is 0 Å². The van der Waals surface area contributed by atoms with Crippen LogP contribution in [-0.2, 0) is 16.1 Å². The molecule has 0 spiro atoms. The third-order valence-electron chi connectivity index (χ3n) is 2.52. The molecule has 0 heterocycles. The number of esters is 1. The lowest BCUT2D eigenvalue weighted by Gasteiger charge is -2.10. The first-order valence-corrected chi connectivity index (χ1v) is 6.29. The summed E-state index contributed by atoms with van der Waals surface area (Å²) >= 11 is 0. The Bertz CT molecular complexity index is 496. The van der Waals surface area contributed by atoms with E-state index in [1.54, 1.807) is 12.1 Å². The minimum Gasteiger partial charge on any atom is -0.466 e. The van der Waals surface area contributed by atoms with E-state index in [9.17, 15) is 9.59 Å². The predicted molar refractivity (Wildman–Crippen MR) is 77.3 cm³/mol. The van der Waals surface area contributed by atoms with E-state index in [1.165, 1.54) is 13.2 Å². The van der Waals surface area contributed by atoms with E-state index in [2.05, 4.69) is 10.1 Å². The maximum atomic E-state index is 11.9. The number of nitrogens with zero attached hydrogens (tertiary/aromatic N) is 1. The summed E-state index contributed by atoms with van der Waals surface area (Å²) in [6.07, 6.45) is 2.83. The van der Waals surface area contributed by atoms with E-state index in [0.717, 1.165) is 12.1 Å². The topological polar surface area (TPSA) is 58.6 Å². The van der Waals surface area contributed by atoms with Crippen molar-refractivity contribution >= 4 is 11.9 Å². The second-order valence-electron chi connectivity index (χ2n) is 4.57. The molecule has 20 heavy (non-hydrogen) atoms. The van der Waals surface area contributed by atoms with Crippen LogP contribution >= 0.6 is 0 Å². The zero-order chi connectivity index (χ0) is 15.0. The molecule has 0 bridgehead atoms. The predicted octanol–water partition coefficient (Wildman–Crippen LogP) is 1.21. The summed E-state index contributed by atoms with van der Waals surface area (Å²) in [5, 5.41) is 2.71. The summed E-state index contributed by atoms with van der Waals surface area (Å²) in [5.74, 6) is -0.604. The molecular weight excluding hydrogens is 256 g/mol. The fourth-order valence-corrected chi connectivity index (χ4v) is 1.65. The molecule has 0 saturated heterocycles. The highest BCUT2D eigenvalue weighted by Crippen LogP contribution is 2.07. The summed E-state index contributed by atoms with van der Waals surface area (Å²) in [4.78, 5) is 24.8. The van der Waals surface area contributed by atoms with Gasteiger partial charge in [0.15, 0.2) is 0 Å². The van der Waals surface area contributed by atoms with Gasteiger partial charge in [-0.2, -0.15) is 0 Å². The van der Waals surface area contributed by atoms with Gasteiger partial charge in [0.05, 0.1) is 7.11 Å². The first-order valence-electron chi connectivity index (χ1n) is 6.29. The van der Waals surface area contributed by atoms with Gasteiger partial charge in [0.25, 0.3) is 5.91 Å². The first-order chi connectivity index (χ1) is 9.52. The third kappa shape index (κ3) is 5.67. The smallest absolute Gasteiger partial charge is 0.330 e. The summed E-state index contributed by atoms with van der Waals surface area (Å²) in [6.45, 7) is 1.06. The SMILES string of the molecule is COC(=O)/C=C/CNC(=O)c1cccc(CN(C)C)c1. The summed E-state index contributed by atoms with van der Waals surface area (Å²) in [6, 6.07) is 7.46. The number of ether oxygens (including phenoxy) is 1. The van der Waals surface area contributed by atoms with E-state index in [-0.39, 0.29) is 12.5 Å². The molecule has 0 aliphatic carbocycles. The maximum Gasteiger partial charge on any atom is 0.330 e. The standard InChI is InChI=1S/C15H20N2O3/c1-17(2)11-12-6-4-7-13(10-12)15(19)16-9-5-8-14(18)20-3/h4-8,10H,9,11H2,1-3H3,(H,16,19)/b8-5+. The van der Waals surface area contributed by atoms with E-state index >= 15 is 0 Å². The molecule has 1 rings (SSSR count). The number of amides is 1. The molecule has 1 N–H and O–H groups in total. The number of hydrogen-bond donors (Lipinski definition) is 1. The number of carbonyl (C=O) groups excluding carboxylic acids is 2. The molecule has 1 amide bonds. The summed E-state index contributed by atoms with van der Waals surface area (Å²) in [5.41, 5.74) is 1.68. The first kappa shape index (κ1) is 15.9. The zero-order valence-corrected chi connectivity index (χ0v) is 12.1. The number of hydrogen-bond acceptors (Lipinski definition) is 4. The fourth-order valence-electron chi connectivity index (χ4n) is 1.65. The van der Waals surface area contributed by atoms with Gasteiger partial charge < -0.3 is 15.0 Å². The van der Waals surface area contributed by atoms with Crippen LogP contribution in [0.25, 0.3) is 0 Å². The van der Waals surface area contributed by atoms with Gasteiger partial charge in [-0.15, -0.1) is 0 Å². The normalized spacial score (nSPS) is 10.8. The van der Waals surface area contributed by atoms with Gasteiger partial charge in [-0.25, -0.2) is 4.79 Å². The monoisotopic (exact) mass is 276 g/mol. The molecule has 0 aromatic heterocycles. The van der Waals surface area contributed by atoms with Crippen molar-refractivity contribution in [1.82, 2.24) is 10.2 Å². The Balaban J connectivity index is 2.55. The number of rotatable bonds is 6. The van der Waals surface area contributed by atoms with Gasteiger partial charge in [0.1, 0.15) is 0 Å². The Labute approximate surface area is 119 Å². The lowest BCUT2D eigenvalue weighted by atomic mass is 10.1. The van der Waals surface area contributed by atoms with Crippen molar-refractivity contribution in [3.05, 3.63) is 47.5 Å². The lowest BCUT2D eigenvalue weighted by Crippen LogP contribution is -2.23. The minimum absolute atomic E-state index is 0.167. The van der Waals surface area contributed by atoms with Crippen molar-refractivity contribution in [2.75, 3.05) is 27.7 Å². The summed E-state index contributed by atoms with van der Waals surface area (Å²) in [7, 11) is 5.26. The van der Waals surface area contributed by atoms with E-state index in [0.29, 0.717) is 5.56 Å². The van der Waals surface area contributed by atoms with Gasteiger partial charge in [-0.05, 0) is 31.8 Å². The van der Waals surface area contributed by atoms with Gasteiger partial charge in [0, 0.05) is 24.7 Å². The van der Waals surface area contributed by atoms with E-state index in [4.69, 9.17) is 0 Å². The van der Waals surface area contributed by atoms with Crippen LogP contribution in [0.4, 0.5) is 0 Å². The van der Waals surface area contributed by atoms with Crippen molar-refractivity contribution < 1.29 is 14.3 Å². The van der Waals surface area contributed by atoms with Crippen molar-refractivity contribution in [1.29, 1.82) is 0 Å². The molecule has 0 atom stereocenters. The summed E-state index contributed by atoms with van der Waals surface area (Å²) < 4.78 is 4.45. The molecule has 5 nitrogen and oxygen atoms in total. The average Bonchev–Trinajstić information content (AvgIpc) is 2.42. The van der Waals surface area contributed by atoms with Gasteiger partial charge >= 0.3 is 5.97 Å².